The molecule has 4 nitrogen and oxygen atoms in total. The lowest BCUT2D eigenvalue weighted by molar-refractivity contribution is 0.168. The second-order valence-corrected chi connectivity index (χ2v) is 4.28. The molecule has 0 aliphatic heterocycles. The summed E-state index contributed by atoms with van der Waals surface area (Å²) in [5.41, 5.74) is 5.98. The molecule has 0 heterocycles. The third kappa shape index (κ3) is 15.2. The number of benzene rings is 2. The summed E-state index contributed by atoms with van der Waals surface area (Å²) in [7, 11) is 1.52. The van der Waals surface area contributed by atoms with Crippen molar-refractivity contribution < 1.29 is 13.9 Å². The first-order valence-electron chi connectivity index (χ1n) is 7.20. The van der Waals surface area contributed by atoms with Gasteiger partial charge in [0.2, 0.25) is 0 Å². The van der Waals surface area contributed by atoms with Gasteiger partial charge >= 0.3 is 0 Å². The first-order chi connectivity index (χ1) is 10.7. The van der Waals surface area contributed by atoms with Crippen LogP contribution < -0.4 is 16.7 Å². The average molecular weight is 364 g/mol. The van der Waals surface area contributed by atoms with Crippen molar-refractivity contribution in [2.24, 2.45) is 11.6 Å². The van der Waals surface area contributed by atoms with E-state index in [2.05, 4.69) is 6.92 Å². The monoisotopic (exact) mass is 363 g/mol. The number of hydrazine groups is 1. The molecular formula is C17H28ClF2N3O. The highest BCUT2D eigenvalue weighted by atomic mass is 35.5. The highest BCUT2D eigenvalue weighted by Gasteiger charge is 1.94. The highest BCUT2D eigenvalue weighted by molar-refractivity contribution is 5.85. The van der Waals surface area contributed by atoms with Crippen LogP contribution in [0.5, 0.6) is 0 Å². The lowest BCUT2D eigenvalue weighted by atomic mass is 10.3. The summed E-state index contributed by atoms with van der Waals surface area (Å²) in [6.45, 7) is 2.98. The first-order valence-corrected chi connectivity index (χ1v) is 7.20. The number of para-hydroxylation sites is 1. The molecular weight excluding hydrogens is 336 g/mol. The van der Waals surface area contributed by atoms with Crippen molar-refractivity contribution >= 4 is 18.1 Å². The number of rotatable bonds is 4. The summed E-state index contributed by atoms with van der Waals surface area (Å²) in [6, 6.07) is 17.4. The van der Waals surface area contributed by atoms with Crippen molar-refractivity contribution in [3.63, 3.8) is 0 Å². The SMILES string of the molecule is CCCCN.CON(N)c1ccccc1.Cl.F.Fc1ccccc1. The van der Waals surface area contributed by atoms with Gasteiger partial charge in [-0.05, 0) is 37.2 Å². The van der Waals surface area contributed by atoms with E-state index < -0.39 is 0 Å². The van der Waals surface area contributed by atoms with Crippen LogP contribution in [0.15, 0.2) is 60.7 Å². The summed E-state index contributed by atoms with van der Waals surface area (Å²) in [6.07, 6.45) is 2.39. The fourth-order valence-corrected chi connectivity index (χ4v) is 1.30. The van der Waals surface area contributed by atoms with Crippen LogP contribution in [0, 0.1) is 5.82 Å². The average Bonchev–Trinajstić information content (AvgIpc) is 2.57. The Morgan fingerprint density at radius 1 is 1.00 bits per heavy atom. The molecule has 0 saturated heterocycles. The van der Waals surface area contributed by atoms with E-state index in [9.17, 15) is 4.39 Å². The van der Waals surface area contributed by atoms with Gasteiger partial charge < -0.3 is 5.73 Å². The van der Waals surface area contributed by atoms with Gasteiger partial charge in [0.1, 0.15) is 5.82 Å². The number of anilines is 1. The van der Waals surface area contributed by atoms with Gasteiger partial charge in [-0.3, -0.25) is 9.54 Å². The van der Waals surface area contributed by atoms with Gasteiger partial charge in [-0.15, -0.1) is 12.4 Å². The van der Waals surface area contributed by atoms with Gasteiger partial charge in [-0.1, -0.05) is 49.7 Å². The van der Waals surface area contributed by atoms with Crippen molar-refractivity contribution in [2.75, 3.05) is 18.8 Å². The third-order valence-electron chi connectivity index (χ3n) is 2.50. The summed E-state index contributed by atoms with van der Waals surface area (Å²) in [4.78, 5) is 4.75. The number of nitrogens with two attached hydrogens (primary N) is 2. The summed E-state index contributed by atoms with van der Waals surface area (Å²) in [5, 5.41) is 1.21. The molecule has 0 aromatic heterocycles. The van der Waals surface area contributed by atoms with Crippen LogP contribution in [0.4, 0.5) is 14.8 Å². The molecule has 4 N–H and O–H groups in total. The Morgan fingerprint density at radius 2 is 1.46 bits per heavy atom. The largest absolute Gasteiger partial charge is 0.330 e. The van der Waals surface area contributed by atoms with Crippen LogP contribution in [0.2, 0.25) is 0 Å². The molecule has 0 radical (unpaired) electrons. The Labute approximate surface area is 149 Å². The molecule has 0 saturated carbocycles. The predicted octanol–water partition coefficient (Wildman–Crippen LogP) is 4.07. The topological polar surface area (TPSA) is 64.5 Å². The Balaban J connectivity index is -0.000000281. The maximum atomic E-state index is 11.9. The van der Waals surface area contributed by atoms with E-state index in [-0.39, 0.29) is 22.9 Å². The Hall–Kier alpha value is -1.73. The van der Waals surface area contributed by atoms with E-state index in [0.29, 0.717) is 0 Å². The molecule has 0 aliphatic carbocycles. The number of nitrogens with zero attached hydrogens (tertiary/aromatic N) is 1. The predicted molar refractivity (Wildman–Crippen MR) is 100 cm³/mol. The molecule has 2 aromatic carbocycles. The third-order valence-corrected chi connectivity index (χ3v) is 2.50. The molecule has 2 aromatic rings. The van der Waals surface area contributed by atoms with Crippen LogP contribution in [0.1, 0.15) is 19.8 Å². The zero-order chi connectivity index (χ0) is 16.6. The maximum Gasteiger partial charge on any atom is 0.123 e. The van der Waals surface area contributed by atoms with Gasteiger partial charge in [0.15, 0.2) is 0 Å². The summed E-state index contributed by atoms with van der Waals surface area (Å²) >= 11 is 0. The van der Waals surface area contributed by atoms with E-state index in [0.717, 1.165) is 12.2 Å². The van der Waals surface area contributed by atoms with E-state index in [1.807, 2.05) is 30.3 Å². The molecule has 0 fully saturated rings. The van der Waals surface area contributed by atoms with Crippen LogP contribution in [-0.4, -0.2) is 13.7 Å². The normalized spacial score (nSPS) is 8.21. The Kier molecular flexibility index (Phi) is 21.8. The number of hydrogen-bond acceptors (Lipinski definition) is 4. The molecule has 0 spiro atoms. The van der Waals surface area contributed by atoms with Crippen LogP contribution in [0.3, 0.4) is 0 Å². The molecule has 24 heavy (non-hydrogen) atoms. The summed E-state index contributed by atoms with van der Waals surface area (Å²) in [5.74, 6) is 5.23. The minimum atomic E-state index is -0.178. The molecule has 7 heteroatoms. The van der Waals surface area contributed by atoms with E-state index >= 15 is 0 Å². The van der Waals surface area contributed by atoms with Crippen molar-refractivity contribution in [3.05, 3.63) is 66.5 Å². The summed E-state index contributed by atoms with van der Waals surface area (Å²) < 4.78 is 11.9. The zero-order valence-corrected chi connectivity index (χ0v) is 14.9. The van der Waals surface area contributed by atoms with E-state index in [1.54, 1.807) is 18.2 Å². The minimum Gasteiger partial charge on any atom is -0.330 e. The van der Waals surface area contributed by atoms with Crippen molar-refractivity contribution in [3.8, 4) is 0 Å². The Bertz CT molecular complexity index is 462. The van der Waals surface area contributed by atoms with Crippen molar-refractivity contribution in [1.82, 2.24) is 0 Å². The van der Waals surface area contributed by atoms with E-state index in [4.69, 9.17) is 16.4 Å². The van der Waals surface area contributed by atoms with Gasteiger partial charge in [0.25, 0.3) is 0 Å². The quantitative estimate of drug-likeness (QED) is 0.634. The lowest BCUT2D eigenvalue weighted by Gasteiger charge is -2.13. The van der Waals surface area contributed by atoms with Crippen molar-refractivity contribution in [2.45, 2.75) is 19.8 Å². The fraction of sp³-hybridized carbons (Fsp3) is 0.294. The Morgan fingerprint density at radius 3 is 1.71 bits per heavy atom. The second kappa shape index (κ2) is 19.3. The number of halogens is 3. The molecule has 0 amide bonds. The van der Waals surface area contributed by atoms with Gasteiger partial charge in [0, 0.05) is 0 Å². The molecule has 0 atom stereocenters. The smallest absolute Gasteiger partial charge is 0.123 e. The van der Waals surface area contributed by atoms with Crippen LogP contribution in [-0.2, 0) is 4.84 Å². The molecule has 138 valence electrons. The number of hydrogen-bond donors (Lipinski definition) is 2. The van der Waals surface area contributed by atoms with Crippen LogP contribution >= 0.6 is 12.4 Å². The van der Waals surface area contributed by atoms with Gasteiger partial charge in [0.05, 0.1) is 12.8 Å². The van der Waals surface area contributed by atoms with Crippen molar-refractivity contribution in [1.29, 1.82) is 0 Å². The number of unbranched alkanes of at least 4 members (excludes halogenated alkanes) is 1. The van der Waals surface area contributed by atoms with Crippen LogP contribution in [0.25, 0.3) is 0 Å². The second-order valence-electron chi connectivity index (χ2n) is 4.28. The zero-order valence-electron chi connectivity index (χ0n) is 14.1. The standard InChI is InChI=1S/C7H10N2O.C6H5F.C4H11N.ClH.FH/c1-10-9(8)7-5-3-2-4-6-7;7-6-4-2-1-3-5-6;1-2-3-4-5;;/h2-6H,8H2,1H3;1-5H;2-5H2,1H3;2*1H. The fourth-order valence-electron chi connectivity index (χ4n) is 1.30. The van der Waals surface area contributed by atoms with Gasteiger partial charge in [-0.25, -0.2) is 10.2 Å². The lowest BCUT2D eigenvalue weighted by Crippen LogP contribution is -2.28. The molecule has 0 unspecified atom stereocenters. The van der Waals surface area contributed by atoms with Gasteiger partial charge in [-0.2, -0.15) is 5.17 Å². The van der Waals surface area contributed by atoms with E-state index in [1.165, 1.54) is 37.3 Å². The first kappa shape index (κ1) is 27.1. The highest BCUT2D eigenvalue weighted by Crippen LogP contribution is 2.07. The minimum absolute atomic E-state index is 0. The molecule has 0 aliphatic rings. The molecule has 0 bridgehead atoms. The maximum absolute atomic E-state index is 11.9. The molecule has 2 rings (SSSR count).